The van der Waals surface area contributed by atoms with E-state index in [0.29, 0.717) is 32.1 Å². The summed E-state index contributed by atoms with van der Waals surface area (Å²) >= 11 is 0. The van der Waals surface area contributed by atoms with Crippen LogP contribution in [0.1, 0.15) is 349 Å². The maximum Gasteiger partial charge on any atom is 0.472 e. The highest BCUT2D eigenvalue weighted by atomic mass is 31.2. The van der Waals surface area contributed by atoms with Crippen molar-refractivity contribution in [1.29, 1.82) is 0 Å². The van der Waals surface area contributed by atoms with Gasteiger partial charge < -0.3 is 33.8 Å². The van der Waals surface area contributed by atoms with E-state index >= 15 is 0 Å². The minimum absolute atomic E-state index is 0.0337. The van der Waals surface area contributed by atoms with E-state index in [2.05, 4.69) is 131 Å². The molecule has 5 atom stereocenters. The molecule has 0 rings (SSSR count). The van der Waals surface area contributed by atoms with Crippen LogP contribution in [0.5, 0.6) is 0 Å². The maximum atomic E-state index is 13.1. The number of carbonyl (C=O) groups is 4. The van der Waals surface area contributed by atoms with E-state index < -0.39 is 97.5 Å². The predicted molar refractivity (Wildman–Crippen MR) is 436 cm³/mol. The molecule has 0 bridgehead atoms. The molecule has 5 unspecified atom stereocenters. The van der Waals surface area contributed by atoms with Crippen LogP contribution < -0.4 is 0 Å². The number of aliphatic hydroxyl groups is 1. The number of phosphoric ester groups is 2. The first-order chi connectivity index (χ1) is 51.7. The van der Waals surface area contributed by atoms with Gasteiger partial charge in [-0.2, -0.15) is 0 Å². The Morgan fingerprint density at radius 1 is 0.274 bits per heavy atom. The molecular weight excluding hydrogens is 1380 g/mol. The topological polar surface area (TPSA) is 237 Å². The second kappa shape index (κ2) is 78.6. The summed E-state index contributed by atoms with van der Waals surface area (Å²) in [5.74, 6) is -2.28. The zero-order valence-corrected chi connectivity index (χ0v) is 68.6. The number of aliphatic hydroxyl groups excluding tert-OH is 1. The quantitative estimate of drug-likeness (QED) is 0.0169. The van der Waals surface area contributed by atoms with Crippen LogP contribution in [-0.2, 0) is 65.4 Å². The third kappa shape index (κ3) is 77.6. The van der Waals surface area contributed by atoms with E-state index in [1.54, 1.807) is 0 Å². The van der Waals surface area contributed by atoms with Crippen molar-refractivity contribution in [3.63, 3.8) is 0 Å². The van der Waals surface area contributed by atoms with Gasteiger partial charge in [0.25, 0.3) is 0 Å². The van der Waals surface area contributed by atoms with Crippen molar-refractivity contribution in [1.82, 2.24) is 0 Å². The Morgan fingerprint density at radius 2 is 0.509 bits per heavy atom. The Balaban J connectivity index is 5.42. The van der Waals surface area contributed by atoms with Crippen molar-refractivity contribution in [2.75, 3.05) is 39.6 Å². The molecule has 0 aromatic carbocycles. The second-order valence-corrected chi connectivity index (χ2v) is 30.6. The molecule has 3 N–H and O–H groups in total. The molecule has 0 saturated carbocycles. The van der Waals surface area contributed by atoms with Gasteiger partial charge in [0.05, 0.1) is 26.4 Å². The summed E-state index contributed by atoms with van der Waals surface area (Å²) in [6, 6.07) is 0. The summed E-state index contributed by atoms with van der Waals surface area (Å²) < 4.78 is 68.7. The van der Waals surface area contributed by atoms with Crippen LogP contribution in [0.4, 0.5) is 0 Å². The van der Waals surface area contributed by atoms with E-state index in [-0.39, 0.29) is 25.7 Å². The number of unbranched alkanes of at least 4 members (excludes halogenated alkanes) is 32. The third-order valence-corrected chi connectivity index (χ3v) is 19.3. The van der Waals surface area contributed by atoms with Crippen molar-refractivity contribution in [2.45, 2.75) is 367 Å². The molecule has 17 nitrogen and oxygen atoms in total. The molecule has 0 spiro atoms. The maximum absolute atomic E-state index is 13.1. The molecular formula is C87H150O17P2. The summed E-state index contributed by atoms with van der Waals surface area (Å²) in [5, 5.41) is 10.7. The number of ether oxygens (including phenoxy) is 4. The average Bonchev–Trinajstić information content (AvgIpc) is 0.909. The molecule has 0 radical (unpaired) electrons. The van der Waals surface area contributed by atoms with Gasteiger partial charge in [0.1, 0.15) is 19.3 Å². The van der Waals surface area contributed by atoms with Crippen molar-refractivity contribution < 1.29 is 80.2 Å². The zero-order valence-electron chi connectivity index (χ0n) is 66.8. The normalized spacial score (nSPS) is 14.4. The number of carbonyl (C=O) groups excluding carboxylic acids is 4. The van der Waals surface area contributed by atoms with E-state index in [0.717, 1.165) is 161 Å². The van der Waals surface area contributed by atoms with Gasteiger partial charge in [-0.3, -0.25) is 37.3 Å². The van der Waals surface area contributed by atoms with Gasteiger partial charge in [0, 0.05) is 25.7 Å². The highest BCUT2D eigenvalue weighted by molar-refractivity contribution is 7.47. The lowest BCUT2D eigenvalue weighted by molar-refractivity contribution is -0.161. The monoisotopic (exact) mass is 1530 g/mol. The van der Waals surface area contributed by atoms with E-state index in [9.17, 15) is 43.2 Å². The van der Waals surface area contributed by atoms with Crippen LogP contribution in [0.3, 0.4) is 0 Å². The van der Waals surface area contributed by atoms with Crippen molar-refractivity contribution in [3.8, 4) is 0 Å². The average molecular weight is 1530 g/mol. The number of hydrogen-bond donors (Lipinski definition) is 3. The van der Waals surface area contributed by atoms with Gasteiger partial charge in [-0.25, -0.2) is 9.13 Å². The summed E-state index contributed by atoms with van der Waals surface area (Å²) in [6.07, 6.45) is 87.5. The summed E-state index contributed by atoms with van der Waals surface area (Å²) in [6.45, 7) is 4.59. The highest BCUT2D eigenvalue weighted by Gasteiger charge is 2.30. The Labute approximate surface area is 644 Å². The lowest BCUT2D eigenvalue weighted by Gasteiger charge is -2.21. The molecule has 0 aromatic heterocycles. The molecule has 0 amide bonds. The van der Waals surface area contributed by atoms with Crippen LogP contribution in [0, 0.1) is 0 Å². The van der Waals surface area contributed by atoms with Crippen LogP contribution in [0.25, 0.3) is 0 Å². The smallest absolute Gasteiger partial charge is 0.462 e. The highest BCUT2D eigenvalue weighted by Crippen LogP contribution is 2.45. The largest absolute Gasteiger partial charge is 0.472 e. The molecule has 0 aliphatic rings. The molecule has 0 aliphatic heterocycles. The van der Waals surface area contributed by atoms with Crippen molar-refractivity contribution in [3.05, 3.63) is 122 Å². The van der Waals surface area contributed by atoms with Crippen LogP contribution >= 0.6 is 15.6 Å². The number of rotatable bonds is 78. The Bertz CT molecular complexity index is 2480. The first-order valence-corrected chi connectivity index (χ1v) is 44.8. The zero-order chi connectivity index (χ0) is 77.4. The van der Waals surface area contributed by atoms with E-state index in [1.807, 2.05) is 18.2 Å². The van der Waals surface area contributed by atoms with Crippen LogP contribution in [-0.4, -0.2) is 96.7 Å². The summed E-state index contributed by atoms with van der Waals surface area (Å²) in [5.41, 5.74) is 0. The molecule has 106 heavy (non-hydrogen) atoms. The van der Waals surface area contributed by atoms with Crippen LogP contribution in [0.2, 0.25) is 0 Å². The summed E-state index contributed by atoms with van der Waals surface area (Å²) in [7, 11) is -9.98. The van der Waals surface area contributed by atoms with Gasteiger partial charge in [-0.1, -0.05) is 323 Å². The van der Waals surface area contributed by atoms with Crippen molar-refractivity contribution in [2.24, 2.45) is 0 Å². The van der Waals surface area contributed by atoms with Gasteiger partial charge in [-0.15, -0.1) is 0 Å². The van der Waals surface area contributed by atoms with E-state index in [1.165, 1.54) is 103 Å². The van der Waals surface area contributed by atoms with Crippen molar-refractivity contribution >= 4 is 39.5 Å². The molecule has 0 saturated heterocycles. The van der Waals surface area contributed by atoms with Gasteiger partial charge in [0.15, 0.2) is 12.2 Å². The Morgan fingerprint density at radius 3 is 0.821 bits per heavy atom. The molecule has 0 aliphatic carbocycles. The fourth-order valence-electron chi connectivity index (χ4n) is 11.1. The van der Waals surface area contributed by atoms with Crippen LogP contribution in [0.15, 0.2) is 122 Å². The van der Waals surface area contributed by atoms with Gasteiger partial charge in [-0.05, 0) is 122 Å². The lowest BCUT2D eigenvalue weighted by Crippen LogP contribution is -2.30. The number of allylic oxidation sites excluding steroid dienone is 20. The summed E-state index contributed by atoms with van der Waals surface area (Å²) in [4.78, 5) is 73.1. The minimum Gasteiger partial charge on any atom is -0.462 e. The fourth-order valence-corrected chi connectivity index (χ4v) is 12.7. The molecule has 610 valence electrons. The lowest BCUT2D eigenvalue weighted by atomic mass is 10.0. The number of esters is 4. The van der Waals surface area contributed by atoms with E-state index in [4.69, 9.17) is 37.0 Å². The minimum atomic E-state index is -5.00. The first kappa shape index (κ1) is 101. The number of hydrogen-bond acceptors (Lipinski definition) is 15. The predicted octanol–water partition coefficient (Wildman–Crippen LogP) is 24.7. The molecule has 0 heterocycles. The Hall–Kier alpha value is -4.54. The second-order valence-electron chi connectivity index (χ2n) is 27.7. The fraction of sp³-hybridized carbons (Fsp3) is 0.724. The molecule has 19 heteroatoms. The first-order valence-electron chi connectivity index (χ1n) is 41.8. The molecule has 0 aromatic rings. The number of phosphoric acid groups is 2. The van der Waals surface area contributed by atoms with Gasteiger partial charge >= 0.3 is 39.5 Å². The SMILES string of the molecule is CC/C=C\C/C=C\C/C=C\C/C=C\C/C=C\C/C=C\CCC(=O)OCC(COP(=O)(O)OCC(O)COP(=O)(O)OCC(COC(=O)CCCCCCCCC/C=C\C/C=C\C/C=C\CC)OC(=O)CCCCCCCCCCCCCCCCC)OC(=O)CCCCCCC/C=C\CCCCCCCC. The standard InChI is InChI=1S/C87H150O17P2/c1-5-9-13-17-21-25-29-33-37-39-40-42-46-48-52-56-60-64-68-72-85(90)98-78-83(104-87(92)74-70-66-62-58-54-50-44-36-32-28-24-20-16-12-8-4)80-102-106(95,96)100-76-81(88)75-99-105(93,94)101-79-82(103-86(91)73-69-65-61-57-53-49-43-35-31-27-23-19-15-11-7-3)77-97-84(89)71-67-63-59-55-51-47-45-41-38-34-30-26-22-18-14-10-6-2/h9-10,13-14,21-22,25-26,33-34,36-38,40,42,44,48,52,60,64,81-83,88H,5-8,11-12,15-20,23-24,27-32,35,39,41,43,45-47,49-51,53-59,61-63,65-80H2,1-4H3,(H,93,94)(H,95,96)/b13-9-,14-10-,25-21-,26-22-,37-33-,38-34-,42-40-,44-36-,52-48-,64-60-. The van der Waals surface area contributed by atoms with Gasteiger partial charge in [0.2, 0.25) is 0 Å². The third-order valence-electron chi connectivity index (χ3n) is 17.4. The molecule has 0 fully saturated rings. The Kier molecular flexibility index (Phi) is 75.2.